The van der Waals surface area contributed by atoms with Crippen LogP contribution in [0.5, 0.6) is 0 Å². The minimum atomic E-state index is 0.804. The van der Waals surface area contributed by atoms with Gasteiger partial charge in [-0.2, -0.15) is 0 Å². The molecule has 0 radical (unpaired) electrons. The van der Waals surface area contributed by atoms with Gasteiger partial charge in [0.2, 0.25) is 0 Å². The van der Waals surface area contributed by atoms with Crippen molar-refractivity contribution in [3.05, 3.63) is 35.5 Å². The fourth-order valence-electron chi connectivity index (χ4n) is 2.45. The van der Waals surface area contributed by atoms with E-state index in [-0.39, 0.29) is 0 Å². The molecule has 0 saturated carbocycles. The van der Waals surface area contributed by atoms with E-state index in [2.05, 4.69) is 24.3 Å². The average molecular weight is 130 g/mol. The van der Waals surface area contributed by atoms with Gasteiger partial charge in [0, 0.05) is 5.92 Å². The van der Waals surface area contributed by atoms with Crippen LogP contribution in [0.2, 0.25) is 0 Å². The van der Waals surface area contributed by atoms with Crippen molar-refractivity contribution in [3.8, 4) is 0 Å². The zero-order chi connectivity index (χ0) is 6.55. The molecule has 2 unspecified atom stereocenters. The van der Waals surface area contributed by atoms with Crippen LogP contribution < -0.4 is 0 Å². The minimum Gasteiger partial charge on any atom is -0.0807 e. The predicted molar refractivity (Wildman–Crippen MR) is 41.5 cm³/mol. The molecule has 3 rings (SSSR count). The van der Waals surface area contributed by atoms with Crippen LogP contribution in [-0.2, 0) is 0 Å². The molecule has 0 spiro atoms. The van der Waals surface area contributed by atoms with E-state index in [9.17, 15) is 0 Å². The molecule has 3 aliphatic carbocycles. The molecule has 0 N–H and O–H groups in total. The Morgan fingerprint density at radius 1 is 1.20 bits per heavy atom. The molecule has 0 aromatic carbocycles. The molecule has 0 amide bonds. The first kappa shape index (κ1) is 4.95. The van der Waals surface area contributed by atoms with Crippen molar-refractivity contribution in [2.45, 2.75) is 12.8 Å². The van der Waals surface area contributed by atoms with Gasteiger partial charge in [0.1, 0.15) is 0 Å². The Bertz CT molecular complexity index is 266. The Labute approximate surface area is 60.9 Å². The van der Waals surface area contributed by atoms with Gasteiger partial charge in [0.05, 0.1) is 0 Å². The van der Waals surface area contributed by atoms with Crippen molar-refractivity contribution < 1.29 is 0 Å². The molecule has 0 aliphatic heterocycles. The molecule has 0 aromatic heterocycles. The first-order chi connectivity index (χ1) is 4.95. The average Bonchev–Trinajstić information content (AvgIpc) is 2.60. The van der Waals surface area contributed by atoms with Crippen LogP contribution >= 0.6 is 0 Å². The van der Waals surface area contributed by atoms with E-state index >= 15 is 0 Å². The van der Waals surface area contributed by atoms with E-state index in [0.29, 0.717) is 0 Å². The second-order valence-corrected chi connectivity index (χ2v) is 3.42. The summed E-state index contributed by atoms with van der Waals surface area (Å²) < 4.78 is 0. The van der Waals surface area contributed by atoms with Gasteiger partial charge in [-0.1, -0.05) is 29.9 Å². The first-order valence-corrected chi connectivity index (χ1v) is 4.03. The number of hydrogen-bond acceptors (Lipinski definition) is 0. The maximum atomic E-state index is 2.39. The number of allylic oxidation sites excluding steroid dienone is 6. The van der Waals surface area contributed by atoms with Crippen LogP contribution in [0.1, 0.15) is 12.8 Å². The maximum absolute atomic E-state index is 2.39. The summed E-state index contributed by atoms with van der Waals surface area (Å²) >= 11 is 0. The largest absolute Gasteiger partial charge is 0.0807 e. The summed E-state index contributed by atoms with van der Waals surface area (Å²) in [5, 5.41) is 0. The summed E-state index contributed by atoms with van der Waals surface area (Å²) in [6.07, 6.45) is 12.0. The van der Waals surface area contributed by atoms with Gasteiger partial charge in [-0.05, 0) is 24.3 Å². The predicted octanol–water partition coefficient (Wildman–Crippen LogP) is 2.45. The number of hydrogen-bond donors (Lipinski definition) is 0. The number of fused-ring (bicyclic) bond motifs is 4. The molecule has 0 aromatic rings. The van der Waals surface area contributed by atoms with E-state index in [1.54, 1.807) is 11.1 Å². The number of rotatable bonds is 0. The van der Waals surface area contributed by atoms with Crippen LogP contribution in [-0.4, -0.2) is 0 Å². The lowest BCUT2D eigenvalue weighted by atomic mass is 10.00. The highest BCUT2D eigenvalue weighted by Crippen LogP contribution is 2.48. The summed E-state index contributed by atoms with van der Waals surface area (Å²) in [6, 6.07) is 0. The smallest absolute Gasteiger partial charge is 0.00266 e. The van der Waals surface area contributed by atoms with E-state index in [1.807, 2.05) is 0 Å². The summed E-state index contributed by atoms with van der Waals surface area (Å²) in [4.78, 5) is 0. The van der Waals surface area contributed by atoms with Crippen LogP contribution in [0.3, 0.4) is 0 Å². The lowest BCUT2D eigenvalue weighted by Crippen LogP contribution is -1.91. The van der Waals surface area contributed by atoms with Crippen molar-refractivity contribution >= 4 is 0 Å². The van der Waals surface area contributed by atoms with Crippen LogP contribution in [0.4, 0.5) is 0 Å². The highest BCUT2D eigenvalue weighted by Gasteiger charge is 2.34. The molecule has 10 heavy (non-hydrogen) atoms. The molecule has 2 bridgehead atoms. The molecule has 2 atom stereocenters. The van der Waals surface area contributed by atoms with Gasteiger partial charge < -0.3 is 0 Å². The van der Waals surface area contributed by atoms with Crippen molar-refractivity contribution in [1.29, 1.82) is 0 Å². The first-order valence-electron chi connectivity index (χ1n) is 4.03. The second-order valence-electron chi connectivity index (χ2n) is 3.42. The summed E-state index contributed by atoms with van der Waals surface area (Å²) in [6.45, 7) is 0. The Hall–Kier alpha value is -0.780. The third kappa shape index (κ3) is 0.406. The molecule has 0 nitrogen and oxygen atoms in total. The summed E-state index contributed by atoms with van der Waals surface area (Å²) in [7, 11) is 0. The van der Waals surface area contributed by atoms with Gasteiger partial charge in [-0.3, -0.25) is 0 Å². The monoisotopic (exact) mass is 130 g/mol. The maximum Gasteiger partial charge on any atom is 0.00266 e. The lowest BCUT2D eigenvalue weighted by molar-refractivity contribution is 0.697. The molecular formula is C10H10. The van der Waals surface area contributed by atoms with Crippen LogP contribution in [0.25, 0.3) is 0 Å². The fraction of sp³-hybridized carbons (Fsp3) is 0.400. The van der Waals surface area contributed by atoms with Gasteiger partial charge in [-0.25, -0.2) is 0 Å². The van der Waals surface area contributed by atoms with Gasteiger partial charge in [0.25, 0.3) is 0 Å². The Morgan fingerprint density at radius 3 is 3.00 bits per heavy atom. The van der Waals surface area contributed by atoms with E-state index in [1.165, 1.54) is 12.8 Å². The highest BCUT2D eigenvalue weighted by atomic mass is 14.4. The van der Waals surface area contributed by atoms with Crippen molar-refractivity contribution in [1.82, 2.24) is 0 Å². The van der Waals surface area contributed by atoms with Crippen molar-refractivity contribution in [2.24, 2.45) is 11.8 Å². The third-order valence-corrected chi connectivity index (χ3v) is 2.94. The second kappa shape index (κ2) is 1.45. The summed E-state index contributed by atoms with van der Waals surface area (Å²) in [5.74, 6) is 1.63. The summed E-state index contributed by atoms with van der Waals surface area (Å²) in [5.41, 5.74) is 3.36. The lowest BCUT2D eigenvalue weighted by Gasteiger charge is -2.05. The van der Waals surface area contributed by atoms with Gasteiger partial charge in [0.15, 0.2) is 0 Å². The topological polar surface area (TPSA) is 0 Å². The fourth-order valence-corrected chi connectivity index (χ4v) is 2.45. The van der Waals surface area contributed by atoms with Gasteiger partial charge in [-0.15, -0.1) is 0 Å². The molecule has 0 saturated heterocycles. The van der Waals surface area contributed by atoms with E-state index in [0.717, 1.165) is 11.8 Å². The standard InChI is InChI=1S/C10H10/c1-2-9-7-4-5-8(6-7)10(9)3-1/h1-2,4-5,7-8H,3,6H2. The van der Waals surface area contributed by atoms with Crippen molar-refractivity contribution in [3.63, 3.8) is 0 Å². The van der Waals surface area contributed by atoms with Crippen molar-refractivity contribution in [2.75, 3.05) is 0 Å². The molecule has 0 heterocycles. The molecule has 0 fully saturated rings. The van der Waals surface area contributed by atoms with E-state index < -0.39 is 0 Å². The zero-order valence-corrected chi connectivity index (χ0v) is 5.88. The molecule has 0 heteroatoms. The van der Waals surface area contributed by atoms with E-state index in [4.69, 9.17) is 0 Å². The highest BCUT2D eigenvalue weighted by molar-refractivity contribution is 5.47. The van der Waals surface area contributed by atoms with Crippen LogP contribution in [0, 0.1) is 11.8 Å². The third-order valence-electron chi connectivity index (χ3n) is 2.94. The Balaban J connectivity index is 2.15. The quantitative estimate of drug-likeness (QED) is 0.442. The Morgan fingerprint density at radius 2 is 2.10 bits per heavy atom. The van der Waals surface area contributed by atoms with Gasteiger partial charge >= 0.3 is 0 Å². The normalized spacial score (nSPS) is 40.0. The minimum absolute atomic E-state index is 0.804. The SMILES string of the molecule is C1=CC2=C(C1)C1C=CC2C1. The molecule has 3 aliphatic rings. The molecule has 50 valence electrons. The Kier molecular flexibility index (Phi) is 0.715. The molecular weight excluding hydrogens is 120 g/mol. The van der Waals surface area contributed by atoms with Crippen LogP contribution in [0.15, 0.2) is 35.5 Å². The zero-order valence-electron chi connectivity index (χ0n) is 5.88.